The molecule has 0 amide bonds. The number of para-hydroxylation sites is 2. The summed E-state index contributed by atoms with van der Waals surface area (Å²) < 4.78 is 0. The third kappa shape index (κ3) is 1.91. The molecule has 3 nitrogen and oxygen atoms in total. The molecule has 0 atom stereocenters. The third-order valence-electron chi connectivity index (χ3n) is 2.32. The van der Waals surface area contributed by atoms with E-state index >= 15 is 0 Å². The van der Waals surface area contributed by atoms with Crippen LogP contribution in [0.15, 0.2) is 24.3 Å². The maximum Gasteiger partial charge on any atom is 0.148 e. The molecule has 0 aliphatic rings. The predicted molar refractivity (Wildman–Crippen MR) is 63.1 cm³/mol. The number of fused-ring (bicyclic) bond motifs is 1. The molecule has 15 heavy (non-hydrogen) atoms. The van der Waals surface area contributed by atoms with E-state index in [2.05, 4.69) is 29.1 Å². The molecule has 0 spiro atoms. The van der Waals surface area contributed by atoms with Gasteiger partial charge in [-0.05, 0) is 25.5 Å². The van der Waals surface area contributed by atoms with Crippen LogP contribution in [-0.2, 0) is 6.42 Å². The monoisotopic (exact) mass is 201 g/mol. The van der Waals surface area contributed by atoms with Crippen LogP contribution in [-0.4, -0.2) is 16.5 Å². The molecule has 78 valence electrons. The second-order valence-electron chi connectivity index (χ2n) is 3.39. The normalized spacial score (nSPS) is 10.5. The first-order valence-electron chi connectivity index (χ1n) is 5.34. The lowest BCUT2D eigenvalue weighted by molar-refractivity contribution is 1.02. The Bertz CT molecular complexity index is 465. The first-order chi connectivity index (χ1) is 7.35. The van der Waals surface area contributed by atoms with Crippen LogP contribution in [0.3, 0.4) is 0 Å². The Kier molecular flexibility index (Phi) is 2.81. The van der Waals surface area contributed by atoms with E-state index in [1.807, 2.05) is 24.3 Å². The van der Waals surface area contributed by atoms with Crippen molar-refractivity contribution in [1.82, 2.24) is 9.97 Å². The molecule has 1 aromatic carbocycles. The highest BCUT2D eigenvalue weighted by atomic mass is 15.0. The topological polar surface area (TPSA) is 37.8 Å². The van der Waals surface area contributed by atoms with Gasteiger partial charge in [-0.3, -0.25) is 0 Å². The zero-order valence-electron chi connectivity index (χ0n) is 9.12. The van der Waals surface area contributed by atoms with E-state index in [4.69, 9.17) is 0 Å². The molecular formula is C12H15N3. The van der Waals surface area contributed by atoms with Crippen LogP contribution in [0, 0.1) is 0 Å². The number of benzene rings is 1. The molecule has 0 bridgehead atoms. The van der Waals surface area contributed by atoms with Crippen LogP contribution < -0.4 is 5.32 Å². The van der Waals surface area contributed by atoms with E-state index in [0.717, 1.165) is 35.5 Å². The first kappa shape index (κ1) is 9.90. The van der Waals surface area contributed by atoms with Crippen LogP contribution in [0.4, 0.5) is 5.82 Å². The highest BCUT2D eigenvalue weighted by molar-refractivity contribution is 5.76. The van der Waals surface area contributed by atoms with E-state index in [1.54, 1.807) is 0 Å². The Morgan fingerprint density at radius 3 is 2.33 bits per heavy atom. The minimum Gasteiger partial charge on any atom is -0.369 e. The maximum atomic E-state index is 4.59. The third-order valence-corrected chi connectivity index (χ3v) is 2.32. The molecule has 0 fully saturated rings. The summed E-state index contributed by atoms with van der Waals surface area (Å²) in [5.41, 5.74) is 2.96. The van der Waals surface area contributed by atoms with Gasteiger partial charge < -0.3 is 5.32 Å². The Labute approximate surface area is 89.6 Å². The van der Waals surface area contributed by atoms with Crippen molar-refractivity contribution in [2.75, 3.05) is 11.9 Å². The van der Waals surface area contributed by atoms with E-state index in [-0.39, 0.29) is 0 Å². The van der Waals surface area contributed by atoms with Crippen molar-refractivity contribution in [3.63, 3.8) is 0 Å². The van der Waals surface area contributed by atoms with Crippen molar-refractivity contribution < 1.29 is 0 Å². The average Bonchev–Trinajstić information content (AvgIpc) is 2.28. The van der Waals surface area contributed by atoms with Crippen LogP contribution in [0.25, 0.3) is 11.0 Å². The standard InChI is InChI=1S/C12H15N3/c1-3-9-12(13-4-2)15-11-8-6-5-7-10(11)14-9/h5-8H,3-4H2,1-2H3,(H,13,15). The Morgan fingerprint density at radius 1 is 1.07 bits per heavy atom. The fourth-order valence-corrected chi connectivity index (χ4v) is 1.59. The van der Waals surface area contributed by atoms with Crippen molar-refractivity contribution in [2.24, 2.45) is 0 Å². The second-order valence-corrected chi connectivity index (χ2v) is 3.39. The minimum absolute atomic E-state index is 0.875. The molecule has 1 heterocycles. The van der Waals surface area contributed by atoms with Crippen molar-refractivity contribution in [3.05, 3.63) is 30.0 Å². The summed E-state index contributed by atoms with van der Waals surface area (Å²) in [6.07, 6.45) is 0.903. The maximum absolute atomic E-state index is 4.59. The van der Waals surface area contributed by atoms with E-state index in [9.17, 15) is 0 Å². The fourth-order valence-electron chi connectivity index (χ4n) is 1.59. The molecule has 1 aromatic heterocycles. The highest BCUT2D eigenvalue weighted by Gasteiger charge is 2.05. The molecule has 0 aliphatic heterocycles. The molecule has 1 N–H and O–H groups in total. The fraction of sp³-hybridized carbons (Fsp3) is 0.333. The minimum atomic E-state index is 0.875. The van der Waals surface area contributed by atoms with Crippen LogP contribution in [0.5, 0.6) is 0 Å². The van der Waals surface area contributed by atoms with Gasteiger partial charge in [0.25, 0.3) is 0 Å². The number of nitrogens with one attached hydrogen (secondary N) is 1. The van der Waals surface area contributed by atoms with Gasteiger partial charge in [-0.25, -0.2) is 9.97 Å². The van der Waals surface area contributed by atoms with E-state index in [1.165, 1.54) is 0 Å². The Hall–Kier alpha value is -1.64. The van der Waals surface area contributed by atoms with E-state index < -0.39 is 0 Å². The lowest BCUT2D eigenvalue weighted by Crippen LogP contribution is -2.05. The molecule has 0 saturated heterocycles. The first-order valence-corrected chi connectivity index (χ1v) is 5.34. The Balaban J connectivity index is 2.58. The zero-order chi connectivity index (χ0) is 10.7. The van der Waals surface area contributed by atoms with Gasteiger partial charge in [-0.1, -0.05) is 19.1 Å². The zero-order valence-corrected chi connectivity index (χ0v) is 9.12. The van der Waals surface area contributed by atoms with E-state index in [0.29, 0.717) is 0 Å². The molecule has 2 aromatic rings. The number of rotatable bonds is 3. The quantitative estimate of drug-likeness (QED) is 0.829. The molecule has 0 unspecified atom stereocenters. The van der Waals surface area contributed by atoms with Gasteiger partial charge in [0.1, 0.15) is 5.82 Å². The molecule has 0 aliphatic carbocycles. The Morgan fingerprint density at radius 2 is 1.73 bits per heavy atom. The number of nitrogens with zero attached hydrogens (tertiary/aromatic N) is 2. The number of anilines is 1. The lowest BCUT2D eigenvalue weighted by atomic mass is 10.2. The second kappa shape index (κ2) is 4.26. The van der Waals surface area contributed by atoms with Crippen molar-refractivity contribution in [2.45, 2.75) is 20.3 Å². The summed E-state index contributed by atoms with van der Waals surface area (Å²) in [5.74, 6) is 0.915. The number of aryl methyl sites for hydroxylation is 1. The lowest BCUT2D eigenvalue weighted by Gasteiger charge is -2.08. The van der Waals surface area contributed by atoms with Crippen LogP contribution in [0.2, 0.25) is 0 Å². The van der Waals surface area contributed by atoms with Gasteiger partial charge in [0, 0.05) is 6.54 Å². The van der Waals surface area contributed by atoms with Crippen LogP contribution >= 0.6 is 0 Å². The van der Waals surface area contributed by atoms with Gasteiger partial charge in [0.15, 0.2) is 0 Å². The summed E-state index contributed by atoms with van der Waals surface area (Å²) in [5, 5.41) is 3.25. The predicted octanol–water partition coefficient (Wildman–Crippen LogP) is 2.62. The average molecular weight is 201 g/mol. The van der Waals surface area contributed by atoms with Crippen molar-refractivity contribution in [1.29, 1.82) is 0 Å². The van der Waals surface area contributed by atoms with Gasteiger partial charge in [0.2, 0.25) is 0 Å². The largest absolute Gasteiger partial charge is 0.369 e. The number of hydrogen-bond acceptors (Lipinski definition) is 3. The van der Waals surface area contributed by atoms with Gasteiger partial charge in [0.05, 0.1) is 16.7 Å². The molecule has 0 radical (unpaired) electrons. The van der Waals surface area contributed by atoms with Crippen molar-refractivity contribution >= 4 is 16.9 Å². The molecule has 3 heteroatoms. The van der Waals surface area contributed by atoms with Crippen LogP contribution in [0.1, 0.15) is 19.5 Å². The van der Waals surface area contributed by atoms with Gasteiger partial charge >= 0.3 is 0 Å². The number of hydrogen-bond donors (Lipinski definition) is 1. The highest BCUT2D eigenvalue weighted by Crippen LogP contribution is 2.16. The number of aromatic nitrogens is 2. The van der Waals surface area contributed by atoms with Gasteiger partial charge in [-0.15, -0.1) is 0 Å². The smallest absolute Gasteiger partial charge is 0.148 e. The summed E-state index contributed by atoms with van der Waals surface area (Å²) in [4.78, 5) is 9.15. The molecular weight excluding hydrogens is 186 g/mol. The summed E-state index contributed by atoms with van der Waals surface area (Å²) in [7, 11) is 0. The molecule has 0 saturated carbocycles. The SMILES string of the molecule is CCNc1nc2ccccc2nc1CC. The summed E-state index contributed by atoms with van der Waals surface area (Å²) in [6, 6.07) is 7.96. The van der Waals surface area contributed by atoms with Gasteiger partial charge in [-0.2, -0.15) is 0 Å². The molecule has 2 rings (SSSR count). The van der Waals surface area contributed by atoms with Crippen molar-refractivity contribution in [3.8, 4) is 0 Å². The summed E-state index contributed by atoms with van der Waals surface area (Å²) in [6.45, 7) is 5.04. The summed E-state index contributed by atoms with van der Waals surface area (Å²) >= 11 is 0.